The highest BCUT2D eigenvalue weighted by Crippen LogP contribution is 2.60. The predicted octanol–water partition coefficient (Wildman–Crippen LogP) is 3.59. The quantitative estimate of drug-likeness (QED) is 0.839. The van der Waals surface area contributed by atoms with Crippen molar-refractivity contribution >= 4 is 5.69 Å². The van der Waals surface area contributed by atoms with Crippen LogP contribution in [0.25, 0.3) is 0 Å². The fraction of sp³-hybridized carbons (Fsp3) is 0.647. The number of benzene rings is 1. The number of anilines is 1. The van der Waals surface area contributed by atoms with Crippen LogP contribution in [0.2, 0.25) is 0 Å². The fourth-order valence-electron chi connectivity index (χ4n) is 3.12. The highest BCUT2D eigenvalue weighted by molar-refractivity contribution is 5.46. The van der Waals surface area contributed by atoms with Crippen molar-refractivity contribution in [2.24, 2.45) is 11.3 Å². The van der Waals surface area contributed by atoms with Gasteiger partial charge in [0.05, 0.1) is 0 Å². The topological polar surface area (TPSA) is 15.3 Å². The summed E-state index contributed by atoms with van der Waals surface area (Å²) in [7, 11) is 4.17. The number of hydrogen-bond donors (Lipinski definition) is 1. The van der Waals surface area contributed by atoms with Crippen molar-refractivity contribution in [1.29, 1.82) is 0 Å². The van der Waals surface area contributed by atoms with Gasteiger partial charge in [0.15, 0.2) is 0 Å². The lowest BCUT2D eigenvalue weighted by molar-refractivity contribution is 0.382. The first-order chi connectivity index (χ1) is 9.11. The van der Waals surface area contributed by atoms with Crippen molar-refractivity contribution in [2.45, 2.75) is 38.6 Å². The Labute approximate surface area is 117 Å². The molecule has 2 fully saturated rings. The van der Waals surface area contributed by atoms with E-state index in [1.165, 1.54) is 43.5 Å². The summed E-state index contributed by atoms with van der Waals surface area (Å²) in [5.41, 5.74) is 3.36. The molecular formula is C17H26N2. The van der Waals surface area contributed by atoms with Gasteiger partial charge in [0.25, 0.3) is 0 Å². The lowest BCUT2D eigenvalue weighted by Gasteiger charge is -2.21. The van der Waals surface area contributed by atoms with Crippen LogP contribution in [-0.2, 0) is 0 Å². The molecule has 0 saturated heterocycles. The Balaban J connectivity index is 1.56. The first-order valence-corrected chi connectivity index (χ1v) is 7.61. The number of hydrogen-bond acceptors (Lipinski definition) is 2. The third kappa shape index (κ3) is 2.79. The molecule has 104 valence electrons. The third-order valence-electron chi connectivity index (χ3n) is 5.01. The van der Waals surface area contributed by atoms with Gasteiger partial charge >= 0.3 is 0 Å². The predicted molar refractivity (Wildman–Crippen MR) is 81.6 cm³/mol. The smallest absolute Gasteiger partial charge is 0.0361 e. The molecule has 2 saturated carbocycles. The third-order valence-corrected chi connectivity index (χ3v) is 5.01. The van der Waals surface area contributed by atoms with Crippen molar-refractivity contribution in [3.05, 3.63) is 29.8 Å². The van der Waals surface area contributed by atoms with Gasteiger partial charge in [-0.25, -0.2) is 0 Å². The van der Waals surface area contributed by atoms with E-state index in [1.807, 2.05) is 0 Å². The van der Waals surface area contributed by atoms with Crippen LogP contribution in [-0.4, -0.2) is 20.6 Å². The van der Waals surface area contributed by atoms with E-state index in [0.29, 0.717) is 11.5 Å². The van der Waals surface area contributed by atoms with Gasteiger partial charge in [0.1, 0.15) is 0 Å². The Bertz CT molecular complexity index is 427. The number of nitrogens with zero attached hydrogens (tertiary/aromatic N) is 1. The zero-order valence-electron chi connectivity index (χ0n) is 12.4. The standard InChI is InChI=1S/C17H26N2/c1-13(14-4-8-16(9-5-14)19(2)3)18-12-17(10-11-17)15-6-7-15/h4-5,8-9,13,15,18H,6-7,10-12H2,1-3H3. The van der Waals surface area contributed by atoms with Crippen molar-refractivity contribution in [3.8, 4) is 0 Å². The fourth-order valence-corrected chi connectivity index (χ4v) is 3.12. The van der Waals surface area contributed by atoms with E-state index in [-0.39, 0.29) is 0 Å². The summed E-state index contributed by atoms with van der Waals surface area (Å²) >= 11 is 0. The van der Waals surface area contributed by atoms with Gasteiger partial charge in [-0.2, -0.15) is 0 Å². The number of rotatable bonds is 6. The molecule has 2 aliphatic carbocycles. The van der Waals surface area contributed by atoms with Gasteiger partial charge in [0, 0.05) is 32.4 Å². The molecule has 2 heteroatoms. The summed E-state index contributed by atoms with van der Waals surface area (Å²) in [5, 5.41) is 3.76. The first-order valence-electron chi connectivity index (χ1n) is 7.61. The lowest BCUT2D eigenvalue weighted by atomic mass is 9.99. The van der Waals surface area contributed by atoms with Crippen molar-refractivity contribution < 1.29 is 0 Å². The first kappa shape index (κ1) is 13.0. The van der Waals surface area contributed by atoms with Crippen LogP contribution in [0.4, 0.5) is 5.69 Å². The van der Waals surface area contributed by atoms with Gasteiger partial charge in [-0.15, -0.1) is 0 Å². The molecule has 19 heavy (non-hydrogen) atoms. The Hall–Kier alpha value is -1.02. The zero-order chi connectivity index (χ0) is 13.5. The largest absolute Gasteiger partial charge is 0.378 e. The molecular weight excluding hydrogens is 232 g/mol. The normalized spacial score (nSPS) is 22.1. The monoisotopic (exact) mass is 258 g/mol. The van der Waals surface area contributed by atoms with Gasteiger partial charge in [-0.05, 0) is 61.6 Å². The van der Waals surface area contributed by atoms with E-state index < -0.39 is 0 Å². The molecule has 0 aliphatic heterocycles. The molecule has 1 unspecified atom stereocenters. The Morgan fingerprint density at radius 1 is 1.21 bits per heavy atom. The summed E-state index contributed by atoms with van der Waals surface area (Å²) < 4.78 is 0. The summed E-state index contributed by atoms with van der Waals surface area (Å²) in [5.74, 6) is 1.04. The highest BCUT2D eigenvalue weighted by Gasteiger charge is 2.53. The molecule has 0 spiro atoms. The van der Waals surface area contributed by atoms with Crippen molar-refractivity contribution in [1.82, 2.24) is 5.32 Å². The molecule has 1 aromatic rings. The number of nitrogens with one attached hydrogen (secondary N) is 1. The molecule has 3 rings (SSSR count). The lowest BCUT2D eigenvalue weighted by Crippen LogP contribution is -2.28. The van der Waals surface area contributed by atoms with Crippen LogP contribution in [0, 0.1) is 11.3 Å². The van der Waals surface area contributed by atoms with Crippen molar-refractivity contribution in [3.63, 3.8) is 0 Å². The van der Waals surface area contributed by atoms with E-state index in [1.54, 1.807) is 0 Å². The van der Waals surface area contributed by atoms with E-state index in [9.17, 15) is 0 Å². The van der Waals surface area contributed by atoms with Crippen LogP contribution in [0.15, 0.2) is 24.3 Å². The van der Waals surface area contributed by atoms with E-state index >= 15 is 0 Å². The van der Waals surface area contributed by atoms with Gasteiger partial charge in [0.2, 0.25) is 0 Å². The average Bonchev–Trinajstić information content (AvgIpc) is 3.28. The summed E-state index contributed by atoms with van der Waals surface area (Å²) in [6.07, 6.45) is 5.87. The second-order valence-electron chi connectivity index (χ2n) is 6.73. The maximum absolute atomic E-state index is 3.76. The molecule has 2 nitrogen and oxygen atoms in total. The van der Waals surface area contributed by atoms with Gasteiger partial charge < -0.3 is 10.2 Å². The van der Waals surface area contributed by atoms with E-state index in [4.69, 9.17) is 0 Å². The summed E-state index contributed by atoms with van der Waals surface area (Å²) in [6, 6.07) is 9.39. The molecule has 1 atom stereocenters. The Morgan fingerprint density at radius 3 is 2.32 bits per heavy atom. The van der Waals surface area contributed by atoms with E-state index in [0.717, 1.165) is 5.92 Å². The van der Waals surface area contributed by atoms with Crippen LogP contribution in [0.1, 0.15) is 44.2 Å². The molecule has 1 aromatic carbocycles. The molecule has 0 amide bonds. The van der Waals surface area contributed by atoms with Crippen molar-refractivity contribution in [2.75, 3.05) is 25.5 Å². The van der Waals surface area contributed by atoms with Crippen LogP contribution >= 0.6 is 0 Å². The molecule has 2 aliphatic rings. The Kier molecular flexibility index (Phi) is 3.30. The van der Waals surface area contributed by atoms with Crippen LogP contribution < -0.4 is 10.2 Å². The molecule has 0 radical (unpaired) electrons. The van der Waals surface area contributed by atoms with E-state index in [2.05, 4.69) is 55.5 Å². The molecule has 0 aromatic heterocycles. The second kappa shape index (κ2) is 4.82. The molecule has 0 heterocycles. The highest BCUT2D eigenvalue weighted by atomic mass is 15.1. The zero-order valence-corrected chi connectivity index (χ0v) is 12.4. The van der Waals surface area contributed by atoms with Gasteiger partial charge in [-0.3, -0.25) is 0 Å². The maximum Gasteiger partial charge on any atom is 0.0361 e. The SMILES string of the molecule is CC(NCC1(C2CC2)CC1)c1ccc(N(C)C)cc1. The molecule has 1 N–H and O–H groups in total. The average molecular weight is 258 g/mol. The molecule has 0 bridgehead atoms. The van der Waals surface area contributed by atoms with Crippen LogP contribution in [0.3, 0.4) is 0 Å². The second-order valence-corrected chi connectivity index (χ2v) is 6.73. The van der Waals surface area contributed by atoms with Crippen LogP contribution in [0.5, 0.6) is 0 Å². The summed E-state index contributed by atoms with van der Waals surface area (Å²) in [6.45, 7) is 3.50. The summed E-state index contributed by atoms with van der Waals surface area (Å²) in [4.78, 5) is 2.15. The minimum atomic E-state index is 0.465. The Morgan fingerprint density at radius 2 is 1.84 bits per heavy atom. The minimum Gasteiger partial charge on any atom is -0.378 e. The minimum absolute atomic E-state index is 0.465. The maximum atomic E-state index is 3.76. The van der Waals surface area contributed by atoms with Gasteiger partial charge in [-0.1, -0.05) is 12.1 Å².